The Morgan fingerprint density at radius 3 is 2.73 bits per heavy atom. The van der Waals surface area contributed by atoms with Crippen molar-refractivity contribution in [1.82, 2.24) is 0 Å². The van der Waals surface area contributed by atoms with Gasteiger partial charge in [-0.1, -0.05) is 19.1 Å². The van der Waals surface area contributed by atoms with E-state index in [0.717, 1.165) is 0 Å². The summed E-state index contributed by atoms with van der Waals surface area (Å²) in [4.78, 5) is 26.4. The molecule has 7 heteroatoms. The molecular weight excluding hydrogens is 304 g/mol. The number of hydrogen-bond donors (Lipinski definition) is 1. The lowest BCUT2D eigenvalue weighted by molar-refractivity contribution is -0.122. The van der Waals surface area contributed by atoms with Crippen LogP contribution in [0, 0.1) is 11.8 Å². The highest BCUT2D eigenvalue weighted by molar-refractivity contribution is 7.91. The van der Waals surface area contributed by atoms with Crippen LogP contribution >= 0.6 is 0 Å². The molecule has 22 heavy (non-hydrogen) atoms. The summed E-state index contributed by atoms with van der Waals surface area (Å²) in [6.45, 7) is 2.02. The van der Waals surface area contributed by atoms with Crippen molar-refractivity contribution in [3.8, 4) is 0 Å². The smallest absolute Gasteiger partial charge is 0.231 e. The molecule has 0 unspecified atom stereocenters. The van der Waals surface area contributed by atoms with Crippen molar-refractivity contribution in [1.29, 1.82) is 0 Å². The zero-order valence-corrected chi connectivity index (χ0v) is 13.1. The number of benzene rings is 1. The number of para-hydroxylation sites is 2. The fourth-order valence-electron chi connectivity index (χ4n) is 2.94. The highest BCUT2D eigenvalue weighted by atomic mass is 32.2. The van der Waals surface area contributed by atoms with Gasteiger partial charge in [-0.25, -0.2) is 8.42 Å². The Hall–Kier alpha value is -1.89. The van der Waals surface area contributed by atoms with Gasteiger partial charge in [-0.15, -0.1) is 0 Å². The molecule has 1 aromatic rings. The van der Waals surface area contributed by atoms with Gasteiger partial charge in [0.05, 0.1) is 34.7 Å². The molecule has 1 saturated heterocycles. The summed E-state index contributed by atoms with van der Waals surface area (Å²) < 4.78 is 23.2. The van der Waals surface area contributed by atoms with Crippen molar-refractivity contribution >= 4 is 33.0 Å². The lowest BCUT2D eigenvalue weighted by Crippen LogP contribution is -2.40. The van der Waals surface area contributed by atoms with Crippen LogP contribution in [0.3, 0.4) is 0 Å². The second-order valence-electron chi connectivity index (χ2n) is 5.96. The molecule has 0 bridgehead atoms. The van der Waals surface area contributed by atoms with Crippen molar-refractivity contribution in [2.24, 2.45) is 11.8 Å². The van der Waals surface area contributed by atoms with Crippen LogP contribution < -0.4 is 10.2 Å². The Labute approximate surface area is 129 Å². The number of nitrogens with one attached hydrogen (secondary N) is 1. The summed E-state index contributed by atoms with van der Waals surface area (Å²) >= 11 is 0. The molecule has 1 N–H and O–H groups in total. The minimum absolute atomic E-state index is 0.0611. The minimum Gasteiger partial charge on any atom is -0.324 e. The third kappa shape index (κ3) is 2.72. The fraction of sp³-hybridized carbons (Fsp3) is 0.467. The molecule has 1 aromatic carbocycles. The van der Waals surface area contributed by atoms with E-state index < -0.39 is 15.8 Å². The lowest BCUT2D eigenvalue weighted by Gasteiger charge is -2.26. The highest BCUT2D eigenvalue weighted by Gasteiger charge is 2.38. The number of hydrogen-bond acceptors (Lipinski definition) is 4. The largest absolute Gasteiger partial charge is 0.324 e. The van der Waals surface area contributed by atoms with Crippen LogP contribution in [0.15, 0.2) is 24.3 Å². The Kier molecular flexibility index (Phi) is 3.68. The van der Waals surface area contributed by atoms with Gasteiger partial charge >= 0.3 is 0 Å². The van der Waals surface area contributed by atoms with E-state index in [9.17, 15) is 18.0 Å². The molecule has 2 atom stereocenters. The molecule has 2 aliphatic rings. The first-order valence-corrected chi connectivity index (χ1v) is 9.11. The number of carbonyl (C=O) groups is 2. The Bertz CT molecular complexity index is 729. The average molecular weight is 322 g/mol. The second kappa shape index (κ2) is 5.39. The average Bonchev–Trinajstić information content (AvgIpc) is 2.78. The topological polar surface area (TPSA) is 83.6 Å². The third-order valence-corrected chi connectivity index (χ3v) is 5.97. The number of sulfone groups is 1. The number of anilines is 2. The van der Waals surface area contributed by atoms with Crippen LogP contribution in [0.25, 0.3) is 0 Å². The molecule has 1 fully saturated rings. The second-order valence-corrected chi connectivity index (χ2v) is 8.18. The van der Waals surface area contributed by atoms with E-state index in [0.29, 0.717) is 17.8 Å². The van der Waals surface area contributed by atoms with Gasteiger partial charge < -0.3 is 10.2 Å². The van der Waals surface area contributed by atoms with Crippen molar-refractivity contribution in [3.05, 3.63) is 24.3 Å². The maximum Gasteiger partial charge on any atom is 0.231 e. The Morgan fingerprint density at radius 2 is 2.05 bits per heavy atom. The molecule has 0 spiro atoms. The van der Waals surface area contributed by atoms with Crippen LogP contribution in [0.2, 0.25) is 0 Å². The van der Waals surface area contributed by atoms with Crippen LogP contribution in [-0.2, 0) is 19.4 Å². The maximum atomic E-state index is 12.8. The van der Waals surface area contributed by atoms with Crippen LogP contribution in [0.1, 0.15) is 13.3 Å². The van der Waals surface area contributed by atoms with Gasteiger partial charge in [0.1, 0.15) is 0 Å². The zero-order chi connectivity index (χ0) is 15.9. The van der Waals surface area contributed by atoms with E-state index >= 15 is 0 Å². The van der Waals surface area contributed by atoms with Crippen molar-refractivity contribution in [2.75, 3.05) is 28.3 Å². The molecule has 0 aromatic heterocycles. The van der Waals surface area contributed by atoms with Gasteiger partial charge in [0, 0.05) is 6.54 Å². The molecule has 0 radical (unpaired) electrons. The number of fused-ring (bicyclic) bond motifs is 1. The first kappa shape index (κ1) is 15.0. The summed E-state index contributed by atoms with van der Waals surface area (Å²) in [6, 6.07) is 7.11. The fourth-order valence-corrected chi connectivity index (χ4v) is 4.68. The minimum atomic E-state index is -3.12. The summed E-state index contributed by atoms with van der Waals surface area (Å²) in [6.07, 6.45) is 0.357. The van der Waals surface area contributed by atoms with Crippen molar-refractivity contribution < 1.29 is 18.0 Å². The molecule has 0 aliphatic carbocycles. The van der Waals surface area contributed by atoms with Gasteiger partial charge in [-0.3, -0.25) is 9.59 Å². The summed E-state index contributed by atoms with van der Waals surface area (Å²) in [7, 11) is -3.12. The van der Waals surface area contributed by atoms with Crippen LogP contribution in [-0.4, -0.2) is 38.3 Å². The highest BCUT2D eigenvalue weighted by Crippen LogP contribution is 2.32. The number of rotatable bonds is 1. The Balaban J connectivity index is 1.95. The maximum absolute atomic E-state index is 12.8. The van der Waals surface area contributed by atoms with Crippen molar-refractivity contribution in [2.45, 2.75) is 13.3 Å². The van der Waals surface area contributed by atoms with Gasteiger partial charge in [0.2, 0.25) is 11.8 Å². The van der Waals surface area contributed by atoms with E-state index in [1.54, 1.807) is 36.1 Å². The van der Waals surface area contributed by atoms with E-state index in [4.69, 9.17) is 0 Å². The molecule has 2 aliphatic heterocycles. The molecule has 3 rings (SSSR count). The van der Waals surface area contributed by atoms with Crippen LogP contribution in [0.5, 0.6) is 0 Å². The molecule has 2 amide bonds. The van der Waals surface area contributed by atoms with Gasteiger partial charge in [0.15, 0.2) is 9.84 Å². The predicted octanol–water partition coefficient (Wildman–Crippen LogP) is 1.04. The number of nitrogens with zero attached hydrogens (tertiary/aromatic N) is 1. The first-order chi connectivity index (χ1) is 10.4. The lowest BCUT2D eigenvalue weighted by atomic mass is 10.1. The number of carbonyl (C=O) groups excluding carboxylic acids is 2. The zero-order valence-electron chi connectivity index (χ0n) is 12.3. The summed E-state index contributed by atoms with van der Waals surface area (Å²) in [5.41, 5.74) is 1.22. The van der Waals surface area contributed by atoms with Crippen molar-refractivity contribution in [3.63, 3.8) is 0 Å². The standard InChI is InChI=1S/C15H18N2O4S/c1-10-8-17(15(19)11-6-7-22(20,21)9-11)13-5-3-2-4-12(13)16-14(10)18/h2-5,10-11H,6-9H2,1H3,(H,16,18)/t10-,11-/m1/s1. The van der Waals surface area contributed by atoms with Gasteiger partial charge in [0.25, 0.3) is 0 Å². The molecule has 6 nitrogen and oxygen atoms in total. The summed E-state index contributed by atoms with van der Waals surface area (Å²) in [5.74, 6) is -1.25. The van der Waals surface area contributed by atoms with E-state index in [2.05, 4.69) is 5.32 Å². The first-order valence-electron chi connectivity index (χ1n) is 7.29. The normalized spacial score (nSPS) is 27.0. The molecule has 118 valence electrons. The van der Waals surface area contributed by atoms with Gasteiger partial charge in [-0.2, -0.15) is 0 Å². The van der Waals surface area contributed by atoms with E-state index in [-0.39, 0.29) is 35.8 Å². The monoisotopic (exact) mass is 322 g/mol. The predicted molar refractivity (Wildman–Crippen MR) is 83.3 cm³/mol. The quantitative estimate of drug-likeness (QED) is 0.837. The SMILES string of the molecule is C[C@@H]1CN(C(=O)[C@@H]2CCS(=O)(=O)C2)c2ccccc2NC1=O. The third-order valence-electron chi connectivity index (χ3n) is 4.20. The van der Waals surface area contributed by atoms with Crippen LogP contribution in [0.4, 0.5) is 11.4 Å². The van der Waals surface area contributed by atoms with Gasteiger partial charge in [-0.05, 0) is 18.6 Å². The molecule has 0 saturated carbocycles. The van der Waals surface area contributed by atoms with E-state index in [1.807, 2.05) is 0 Å². The summed E-state index contributed by atoms with van der Waals surface area (Å²) in [5, 5.41) is 2.81. The number of amides is 2. The molecule has 2 heterocycles. The van der Waals surface area contributed by atoms with E-state index in [1.165, 1.54) is 0 Å². The Morgan fingerprint density at radius 1 is 1.32 bits per heavy atom. The molecular formula is C15H18N2O4S.